The van der Waals surface area contributed by atoms with Gasteiger partial charge < -0.3 is 15.7 Å². The van der Waals surface area contributed by atoms with E-state index in [1.165, 1.54) is 0 Å². The number of hydrogen-bond acceptors (Lipinski definition) is 3. The van der Waals surface area contributed by atoms with Crippen molar-refractivity contribution < 1.29 is 19.5 Å². The molecule has 2 amide bonds. The van der Waals surface area contributed by atoms with Gasteiger partial charge in [-0.1, -0.05) is 12.8 Å². The Morgan fingerprint density at radius 3 is 2.19 bits per heavy atom. The minimum Gasteiger partial charge on any atom is -0.480 e. The lowest BCUT2D eigenvalue weighted by molar-refractivity contribution is -0.147. The van der Waals surface area contributed by atoms with Crippen LogP contribution in [0.5, 0.6) is 0 Å². The lowest BCUT2D eigenvalue weighted by Crippen LogP contribution is -2.43. The standard InChI is InChI=1S/C10H16N2O4/c11-8(13)5-12(6-9(14)15)10(16)7-3-1-2-4-7/h7H,1-6H2,(H2,11,13)(H,14,15). The molecule has 0 saturated heterocycles. The third-order valence-corrected chi connectivity index (χ3v) is 2.69. The van der Waals surface area contributed by atoms with Crippen molar-refractivity contribution in [3.05, 3.63) is 0 Å². The summed E-state index contributed by atoms with van der Waals surface area (Å²) >= 11 is 0. The number of carbonyl (C=O) groups excluding carboxylic acids is 2. The molecule has 0 aromatic carbocycles. The first-order valence-electron chi connectivity index (χ1n) is 5.29. The summed E-state index contributed by atoms with van der Waals surface area (Å²) in [4.78, 5) is 34.2. The summed E-state index contributed by atoms with van der Waals surface area (Å²) in [5.74, 6) is -2.22. The molecule has 90 valence electrons. The molecule has 1 rings (SSSR count). The smallest absolute Gasteiger partial charge is 0.323 e. The Hall–Kier alpha value is -1.59. The largest absolute Gasteiger partial charge is 0.480 e. The Balaban J connectivity index is 2.62. The molecule has 1 aliphatic carbocycles. The molecule has 0 atom stereocenters. The highest BCUT2D eigenvalue weighted by atomic mass is 16.4. The molecule has 1 aliphatic rings. The van der Waals surface area contributed by atoms with Crippen molar-refractivity contribution in [1.82, 2.24) is 4.90 Å². The van der Waals surface area contributed by atoms with E-state index in [4.69, 9.17) is 10.8 Å². The minimum absolute atomic E-state index is 0.140. The number of carbonyl (C=O) groups is 3. The van der Waals surface area contributed by atoms with Crippen molar-refractivity contribution in [3.63, 3.8) is 0 Å². The molecule has 0 heterocycles. The summed E-state index contributed by atoms with van der Waals surface area (Å²) in [7, 11) is 0. The van der Waals surface area contributed by atoms with Crippen LogP contribution < -0.4 is 5.73 Å². The second-order valence-corrected chi connectivity index (χ2v) is 4.04. The first-order chi connectivity index (χ1) is 7.50. The van der Waals surface area contributed by atoms with Gasteiger partial charge in [0.05, 0.1) is 6.54 Å². The van der Waals surface area contributed by atoms with Gasteiger partial charge in [-0.3, -0.25) is 14.4 Å². The molecular weight excluding hydrogens is 212 g/mol. The van der Waals surface area contributed by atoms with Crippen molar-refractivity contribution in [1.29, 1.82) is 0 Å². The Kier molecular flexibility index (Phi) is 4.28. The molecule has 6 nitrogen and oxygen atoms in total. The fourth-order valence-electron chi connectivity index (χ4n) is 1.99. The second-order valence-electron chi connectivity index (χ2n) is 4.04. The molecule has 1 fully saturated rings. The SMILES string of the molecule is NC(=O)CN(CC(=O)O)C(=O)C1CCCC1. The van der Waals surface area contributed by atoms with Crippen LogP contribution in [-0.4, -0.2) is 40.9 Å². The molecule has 0 unspecified atom stereocenters. The molecule has 0 aromatic heterocycles. The van der Waals surface area contributed by atoms with Gasteiger partial charge in [-0.15, -0.1) is 0 Å². The normalized spacial score (nSPS) is 16.0. The van der Waals surface area contributed by atoms with Crippen LogP contribution in [-0.2, 0) is 14.4 Å². The van der Waals surface area contributed by atoms with Crippen molar-refractivity contribution in [2.24, 2.45) is 11.7 Å². The molecule has 6 heteroatoms. The van der Waals surface area contributed by atoms with Gasteiger partial charge in [0.25, 0.3) is 0 Å². The van der Waals surface area contributed by atoms with E-state index in [1.54, 1.807) is 0 Å². The van der Waals surface area contributed by atoms with E-state index < -0.39 is 18.4 Å². The van der Waals surface area contributed by atoms with Gasteiger partial charge >= 0.3 is 5.97 Å². The van der Waals surface area contributed by atoms with Gasteiger partial charge in [0.15, 0.2) is 0 Å². The zero-order valence-corrected chi connectivity index (χ0v) is 9.02. The fraction of sp³-hybridized carbons (Fsp3) is 0.700. The number of carboxylic acids is 1. The van der Waals surface area contributed by atoms with Gasteiger partial charge in [0.1, 0.15) is 6.54 Å². The van der Waals surface area contributed by atoms with Crippen LogP contribution in [0, 0.1) is 5.92 Å². The summed E-state index contributed by atoms with van der Waals surface area (Å²) in [6.07, 6.45) is 3.50. The number of aliphatic carboxylic acids is 1. The van der Waals surface area contributed by atoms with Crippen LogP contribution in [0.3, 0.4) is 0 Å². The van der Waals surface area contributed by atoms with Crippen LogP contribution in [0.25, 0.3) is 0 Å². The number of hydrogen-bond donors (Lipinski definition) is 2. The Labute approximate surface area is 93.4 Å². The summed E-state index contributed by atoms with van der Waals surface area (Å²) in [5, 5.41) is 8.64. The monoisotopic (exact) mass is 228 g/mol. The average Bonchev–Trinajstić information content (AvgIpc) is 2.66. The first kappa shape index (κ1) is 12.5. The third-order valence-electron chi connectivity index (χ3n) is 2.69. The number of rotatable bonds is 5. The zero-order valence-electron chi connectivity index (χ0n) is 9.02. The van der Waals surface area contributed by atoms with Crippen LogP contribution >= 0.6 is 0 Å². The van der Waals surface area contributed by atoms with E-state index in [2.05, 4.69) is 0 Å². The van der Waals surface area contributed by atoms with Gasteiger partial charge in [-0.2, -0.15) is 0 Å². The van der Waals surface area contributed by atoms with Crippen LogP contribution in [0.2, 0.25) is 0 Å². The van der Waals surface area contributed by atoms with Gasteiger partial charge in [-0.05, 0) is 12.8 Å². The molecular formula is C10H16N2O4. The third kappa shape index (κ3) is 3.52. The summed E-state index contributed by atoms with van der Waals surface area (Å²) < 4.78 is 0. The predicted molar refractivity (Wildman–Crippen MR) is 55.4 cm³/mol. The molecule has 0 spiro atoms. The van der Waals surface area contributed by atoms with E-state index in [0.717, 1.165) is 30.6 Å². The predicted octanol–water partition coefficient (Wildman–Crippen LogP) is -0.425. The van der Waals surface area contributed by atoms with Crippen LogP contribution in [0.1, 0.15) is 25.7 Å². The number of primary amides is 1. The molecule has 3 N–H and O–H groups in total. The zero-order chi connectivity index (χ0) is 12.1. The fourth-order valence-corrected chi connectivity index (χ4v) is 1.99. The van der Waals surface area contributed by atoms with Crippen molar-refractivity contribution in [3.8, 4) is 0 Å². The van der Waals surface area contributed by atoms with E-state index in [-0.39, 0.29) is 18.4 Å². The van der Waals surface area contributed by atoms with E-state index >= 15 is 0 Å². The molecule has 0 bridgehead atoms. The first-order valence-corrected chi connectivity index (χ1v) is 5.29. The van der Waals surface area contributed by atoms with Crippen molar-refractivity contribution in [2.45, 2.75) is 25.7 Å². The van der Waals surface area contributed by atoms with Gasteiger partial charge in [0.2, 0.25) is 11.8 Å². The lowest BCUT2D eigenvalue weighted by Gasteiger charge is -2.22. The summed E-state index contributed by atoms with van der Waals surface area (Å²) in [6, 6.07) is 0. The maximum Gasteiger partial charge on any atom is 0.323 e. The molecule has 0 aromatic rings. The van der Waals surface area contributed by atoms with E-state index in [9.17, 15) is 14.4 Å². The number of carboxylic acid groups (broad SMARTS) is 1. The highest BCUT2D eigenvalue weighted by Crippen LogP contribution is 2.26. The van der Waals surface area contributed by atoms with Crippen molar-refractivity contribution in [2.75, 3.05) is 13.1 Å². The minimum atomic E-state index is -1.13. The molecule has 0 aliphatic heterocycles. The Morgan fingerprint density at radius 1 is 1.19 bits per heavy atom. The lowest BCUT2D eigenvalue weighted by atomic mass is 10.1. The van der Waals surface area contributed by atoms with Gasteiger partial charge in [-0.25, -0.2) is 0 Å². The molecule has 16 heavy (non-hydrogen) atoms. The highest BCUT2D eigenvalue weighted by Gasteiger charge is 2.28. The molecule has 0 radical (unpaired) electrons. The second kappa shape index (κ2) is 5.48. The average molecular weight is 228 g/mol. The number of nitrogens with zero attached hydrogens (tertiary/aromatic N) is 1. The maximum absolute atomic E-state index is 11.9. The highest BCUT2D eigenvalue weighted by molar-refractivity contribution is 5.88. The van der Waals surface area contributed by atoms with Gasteiger partial charge in [0, 0.05) is 5.92 Å². The summed E-state index contributed by atoms with van der Waals surface area (Å²) in [6.45, 7) is -0.778. The summed E-state index contributed by atoms with van der Waals surface area (Å²) in [5.41, 5.74) is 4.98. The number of nitrogens with two attached hydrogens (primary N) is 1. The van der Waals surface area contributed by atoms with Crippen LogP contribution in [0.15, 0.2) is 0 Å². The molecule has 1 saturated carbocycles. The Bertz CT molecular complexity index is 281. The quantitative estimate of drug-likeness (QED) is 0.667. The van der Waals surface area contributed by atoms with Crippen molar-refractivity contribution >= 4 is 17.8 Å². The van der Waals surface area contributed by atoms with E-state index in [0.29, 0.717) is 0 Å². The van der Waals surface area contributed by atoms with E-state index in [1.807, 2.05) is 0 Å². The Morgan fingerprint density at radius 2 is 1.75 bits per heavy atom. The maximum atomic E-state index is 11.9. The number of amides is 2. The topological polar surface area (TPSA) is 101 Å². The van der Waals surface area contributed by atoms with Crippen LogP contribution in [0.4, 0.5) is 0 Å².